The van der Waals surface area contributed by atoms with Gasteiger partial charge in [0, 0.05) is 36.8 Å². The summed E-state index contributed by atoms with van der Waals surface area (Å²) in [6, 6.07) is 8.26. The number of nitrogens with one attached hydrogen (secondary N) is 2. The molecule has 0 aromatic heterocycles. The Labute approximate surface area is 162 Å². The minimum absolute atomic E-state index is 0.0353. The second-order valence-corrected chi connectivity index (χ2v) is 7.21. The maximum Gasteiger partial charge on any atom is 0.410 e. The van der Waals surface area contributed by atoms with Crippen molar-refractivity contribution >= 4 is 12.0 Å². The van der Waals surface area contributed by atoms with Gasteiger partial charge in [0.1, 0.15) is 0 Å². The quantitative estimate of drug-likeness (QED) is 0.719. The smallest absolute Gasteiger partial charge is 0.410 e. The lowest BCUT2D eigenvalue weighted by Crippen LogP contribution is -2.55. The van der Waals surface area contributed by atoms with Gasteiger partial charge in [-0.3, -0.25) is 4.79 Å². The SMILES string of the molecule is CCOC(=O)N1C(C)CC(NCCNC(=O)c2ccccc2C)CC1CC. The number of nitrogens with zero attached hydrogens (tertiary/aromatic N) is 1. The fraction of sp³-hybridized carbons (Fsp3) is 0.619. The number of likely N-dealkylation sites (tertiary alicyclic amines) is 1. The minimum Gasteiger partial charge on any atom is -0.450 e. The lowest BCUT2D eigenvalue weighted by Gasteiger charge is -2.43. The van der Waals surface area contributed by atoms with Crippen molar-refractivity contribution in [2.24, 2.45) is 0 Å². The molecule has 1 heterocycles. The van der Waals surface area contributed by atoms with Gasteiger partial charge in [-0.05, 0) is 51.7 Å². The van der Waals surface area contributed by atoms with Gasteiger partial charge in [0.05, 0.1) is 6.61 Å². The Morgan fingerprint density at radius 2 is 1.93 bits per heavy atom. The van der Waals surface area contributed by atoms with Gasteiger partial charge in [-0.25, -0.2) is 4.79 Å². The van der Waals surface area contributed by atoms with Crippen molar-refractivity contribution in [3.05, 3.63) is 35.4 Å². The molecule has 1 aliphatic rings. The maximum atomic E-state index is 12.2. The number of amides is 2. The highest BCUT2D eigenvalue weighted by Gasteiger charge is 2.35. The number of hydrogen-bond donors (Lipinski definition) is 2. The van der Waals surface area contributed by atoms with E-state index in [1.165, 1.54) is 0 Å². The first-order chi connectivity index (χ1) is 13.0. The van der Waals surface area contributed by atoms with Crippen LogP contribution in [0.3, 0.4) is 0 Å². The number of hydrogen-bond acceptors (Lipinski definition) is 4. The Morgan fingerprint density at radius 1 is 1.19 bits per heavy atom. The van der Waals surface area contributed by atoms with Crippen LogP contribution in [0.15, 0.2) is 24.3 Å². The fourth-order valence-electron chi connectivity index (χ4n) is 3.86. The van der Waals surface area contributed by atoms with Crippen molar-refractivity contribution in [3.63, 3.8) is 0 Å². The third kappa shape index (κ3) is 5.70. The first-order valence-electron chi connectivity index (χ1n) is 10.00. The van der Waals surface area contributed by atoms with Crippen LogP contribution in [0, 0.1) is 6.92 Å². The van der Waals surface area contributed by atoms with E-state index in [4.69, 9.17) is 4.74 Å². The van der Waals surface area contributed by atoms with Gasteiger partial charge in [-0.2, -0.15) is 0 Å². The van der Waals surface area contributed by atoms with Crippen LogP contribution < -0.4 is 10.6 Å². The second-order valence-electron chi connectivity index (χ2n) is 7.21. The van der Waals surface area contributed by atoms with Gasteiger partial charge in [0.15, 0.2) is 0 Å². The van der Waals surface area contributed by atoms with Gasteiger partial charge < -0.3 is 20.3 Å². The van der Waals surface area contributed by atoms with Gasteiger partial charge in [0.25, 0.3) is 5.91 Å². The van der Waals surface area contributed by atoms with E-state index in [2.05, 4.69) is 24.5 Å². The molecule has 0 bridgehead atoms. The molecule has 1 aromatic carbocycles. The molecule has 27 heavy (non-hydrogen) atoms. The Balaban J connectivity index is 1.79. The van der Waals surface area contributed by atoms with Gasteiger partial charge in [0.2, 0.25) is 0 Å². The Hall–Kier alpha value is -2.08. The van der Waals surface area contributed by atoms with Crippen LogP contribution in [0.25, 0.3) is 0 Å². The molecule has 2 N–H and O–H groups in total. The number of benzene rings is 1. The summed E-state index contributed by atoms with van der Waals surface area (Å²) >= 11 is 0. The molecule has 6 heteroatoms. The zero-order valence-corrected chi connectivity index (χ0v) is 17.0. The molecule has 1 saturated heterocycles. The average Bonchev–Trinajstić information content (AvgIpc) is 2.65. The second kappa shape index (κ2) is 10.3. The van der Waals surface area contributed by atoms with Crippen molar-refractivity contribution in [2.75, 3.05) is 19.7 Å². The molecule has 3 atom stereocenters. The first-order valence-corrected chi connectivity index (χ1v) is 10.00. The summed E-state index contributed by atoms with van der Waals surface area (Å²) in [4.78, 5) is 26.4. The first kappa shape index (κ1) is 21.2. The topological polar surface area (TPSA) is 70.7 Å². The number of piperidine rings is 1. The highest BCUT2D eigenvalue weighted by molar-refractivity contribution is 5.95. The Morgan fingerprint density at radius 3 is 2.59 bits per heavy atom. The summed E-state index contributed by atoms with van der Waals surface area (Å²) in [5.41, 5.74) is 1.70. The van der Waals surface area contributed by atoms with E-state index < -0.39 is 0 Å². The number of rotatable bonds is 7. The summed E-state index contributed by atoms with van der Waals surface area (Å²) in [5, 5.41) is 6.51. The fourth-order valence-corrected chi connectivity index (χ4v) is 3.86. The lowest BCUT2D eigenvalue weighted by molar-refractivity contribution is 0.0432. The van der Waals surface area contributed by atoms with E-state index in [0.717, 1.165) is 30.4 Å². The molecule has 150 valence electrons. The van der Waals surface area contributed by atoms with Crippen molar-refractivity contribution in [2.45, 2.75) is 65.1 Å². The van der Waals surface area contributed by atoms with E-state index in [1.807, 2.05) is 43.0 Å². The van der Waals surface area contributed by atoms with Crippen LogP contribution in [-0.2, 0) is 4.74 Å². The van der Waals surface area contributed by atoms with E-state index in [0.29, 0.717) is 25.7 Å². The van der Waals surface area contributed by atoms with Crippen molar-refractivity contribution in [1.29, 1.82) is 0 Å². The van der Waals surface area contributed by atoms with E-state index in [1.54, 1.807) is 0 Å². The summed E-state index contributed by atoms with van der Waals surface area (Å²) in [6.07, 6.45) is 2.50. The molecule has 6 nitrogen and oxygen atoms in total. The number of carbonyl (C=O) groups is 2. The molecule has 0 radical (unpaired) electrons. The van der Waals surface area contributed by atoms with Crippen LogP contribution >= 0.6 is 0 Å². The van der Waals surface area contributed by atoms with Gasteiger partial charge in [-0.1, -0.05) is 25.1 Å². The molecule has 0 aliphatic carbocycles. The van der Waals surface area contributed by atoms with E-state index >= 15 is 0 Å². The van der Waals surface area contributed by atoms with Crippen molar-refractivity contribution in [3.8, 4) is 0 Å². The summed E-state index contributed by atoms with van der Waals surface area (Å²) < 4.78 is 5.21. The van der Waals surface area contributed by atoms with Crippen molar-refractivity contribution in [1.82, 2.24) is 15.5 Å². The predicted octanol–water partition coefficient (Wildman–Crippen LogP) is 3.10. The molecule has 0 saturated carbocycles. The summed E-state index contributed by atoms with van der Waals surface area (Å²) in [5.74, 6) is -0.0353. The molecule has 1 aromatic rings. The molecule has 3 unspecified atom stereocenters. The zero-order chi connectivity index (χ0) is 19.8. The highest BCUT2D eigenvalue weighted by Crippen LogP contribution is 2.26. The average molecular weight is 376 g/mol. The van der Waals surface area contributed by atoms with Crippen LogP contribution in [0.1, 0.15) is 56.0 Å². The summed E-state index contributed by atoms with van der Waals surface area (Å²) in [7, 11) is 0. The third-order valence-electron chi connectivity index (χ3n) is 5.23. The summed E-state index contributed by atoms with van der Waals surface area (Å²) in [6.45, 7) is 9.66. The Bertz CT molecular complexity index is 635. The maximum absolute atomic E-state index is 12.2. The number of carbonyl (C=O) groups excluding carboxylic acids is 2. The number of aryl methyl sites for hydroxylation is 1. The molecule has 1 aliphatic heterocycles. The zero-order valence-electron chi connectivity index (χ0n) is 17.0. The largest absolute Gasteiger partial charge is 0.450 e. The Kier molecular flexibility index (Phi) is 8.10. The van der Waals surface area contributed by atoms with E-state index in [9.17, 15) is 9.59 Å². The monoisotopic (exact) mass is 375 g/mol. The molecular weight excluding hydrogens is 342 g/mol. The van der Waals surface area contributed by atoms with Crippen LogP contribution in [0.2, 0.25) is 0 Å². The van der Waals surface area contributed by atoms with E-state index in [-0.39, 0.29) is 24.1 Å². The molecule has 0 spiro atoms. The van der Waals surface area contributed by atoms with Crippen LogP contribution in [0.5, 0.6) is 0 Å². The standard InChI is InChI=1S/C21H33N3O3/c1-5-18-14-17(13-16(4)24(18)21(26)27-6-2)22-11-12-23-20(25)19-10-8-7-9-15(19)3/h7-10,16-18,22H,5-6,11-14H2,1-4H3,(H,23,25). The predicted molar refractivity (Wildman–Crippen MR) is 107 cm³/mol. The molecule has 2 rings (SSSR count). The number of ether oxygens (including phenoxy) is 1. The molecule has 1 fully saturated rings. The van der Waals surface area contributed by atoms with Crippen LogP contribution in [0.4, 0.5) is 4.79 Å². The normalized spacial score (nSPS) is 22.4. The van der Waals surface area contributed by atoms with Gasteiger partial charge in [-0.15, -0.1) is 0 Å². The highest BCUT2D eigenvalue weighted by atomic mass is 16.6. The third-order valence-corrected chi connectivity index (χ3v) is 5.23. The molecule has 2 amide bonds. The molecular formula is C21H33N3O3. The van der Waals surface area contributed by atoms with Crippen molar-refractivity contribution < 1.29 is 14.3 Å². The van der Waals surface area contributed by atoms with Gasteiger partial charge >= 0.3 is 6.09 Å². The lowest BCUT2D eigenvalue weighted by atomic mass is 9.91. The minimum atomic E-state index is -0.208. The van der Waals surface area contributed by atoms with Crippen LogP contribution in [-0.4, -0.2) is 54.7 Å².